The lowest BCUT2D eigenvalue weighted by Gasteiger charge is -2.20. The molecule has 0 radical (unpaired) electrons. The number of carbonyl (C=O) groups is 2. The molecule has 2 amide bonds. The van der Waals surface area contributed by atoms with Crippen molar-refractivity contribution in [1.29, 1.82) is 0 Å². The average Bonchev–Trinajstić information content (AvgIpc) is 2.84. The van der Waals surface area contributed by atoms with Gasteiger partial charge in [0.2, 0.25) is 17.7 Å². The molecule has 2 rings (SSSR count). The third-order valence-corrected chi connectivity index (χ3v) is 2.55. The molecular weight excluding hydrogens is 212 g/mol. The van der Waals surface area contributed by atoms with Crippen LogP contribution in [0.2, 0.25) is 0 Å². The summed E-state index contributed by atoms with van der Waals surface area (Å²) in [6.07, 6.45) is 1.34. The SMILES string of the molecule is NC(=O)C1CCCN1C(=O)c1nc(N)n[nH]1. The molecule has 86 valence electrons. The molecule has 1 aliphatic heterocycles. The van der Waals surface area contributed by atoms with Crippen LogP contribution >= 0.6 is 0 Å². The van der Waals surface area contributed by atoms with Crippen molar-refractivity contribution in [3.63, 3.8) is 0 Å². The van der Waals surface area contributed by atoms with Gasteiger partial charge in [0.05, 0.1) is 0 Å². The zero-order valence-electron chi connectivity index (χ0n) is 8.51. The predicted octanol–water partition coefficient (Wildman–Crippen LogP) is -1.52. The normalized spacial score (nSPS) is 20.0. The molecule has 5 N–H and O–H groups in total. The first-order chi connectivity index (χ1) is 7.59. The molecular formula is C8H12N6O2. The van der Waals surface area contributed by atoms with Gasteiger partial charge in [0, 0.05) is 6.54 Å². The summed E-state index contributed by atoms with van der Waals surface area (Å²) in [5, 5.41) is 5.97. The number of primary amides is 1. The van der Waals surface area contributed by atoms with Gasteiger partial charge in [-0.2, -0.15) is 4.98 Å². The molecule has 2 heterocycles. The number of aromatic nitrogens is 3. The lowest BCUT2D eigenvalue weighted by Crippen LogP contribution is -2.44. The van der Waals surface area contributed by atoms with Crippen molar-refractivity contribution in [2.45, 2.75) is 18.9 Å². The van der Waals surface area contributed by atoms with Crippen molar-refractivity contribution in [3.8, 4) is 0 Å². The van der Waals surface area contributed by atoms with Crippen molar-refractivity contribution in [1.82, 2.24) is 20.1 Å². The Balaban J connectivity index is 2.18. The van der Waals surface area contributed by atoms with Gasteiger partial charge in [0.15, 0.2) is 0 Å². The number of aromatic amines is 1. The number of nitrogens with zero attached hydrogens (tertiary/aromatic N) is 3. The Hall–Kier alpha value is -2.12. The number of nitrogens with two attached hydrogens (primary N) is 2. The van der Waals surface area contributed by atoms with Crippen molar-refractivity contribution in [2.75, 3.05) is 12.3 Å². The van der Waals surface area contributed by atoms with E-state index in [0.29, 0.717) is 13.0 Å². The lowest BCUT2D eigenvalue weighted by molar-refractivity contribution is -0.121. The Morgan fingerprint density at radius 3 is 2.81 bits per heavy atom. The first-order valence-electron chi connectivity index (χ1n) is 4.87. The molecule has 1 fully saturated rings. The minimum Gasteiger partial charge on any atom is -0.368 e. The molecule has 0 spiro atoms. The molecule has 0 aliphatic carbocycles. The van der Waals surface area contributed by atoms with Gasteiger partial charge in [0.1, 0.15) is 6.04 Å². The number of amides is 2. The van der Waals surface area contributed by atoms with E-state index in [4.69, 9.17) is 11.5 Å². The van der Waals surface area contributed by atoms with Crippen LogP contribution in [0.4, 0.5) is 5.95 Å². The summed E-state index contributed by atoms with van der Waals surface area (Å²) in [5.74, 6) is -0.868. The third kappa shape index (κ3) is 1.69. The summed E-state index contributed by atoms with van der Waals surface area (Å²) in [5.41, 5.74) is 10.5. The molecule has 8 heteroatoms. The molecule has 1 aliphatic rings. The zero-order chi connectivity index (χ0) is 11.7. The van der Waals surface area contributed by atoms with Crippen molar-refractivity contribution < 1.29 is 9.59 Å². The Labute approximate surface area is 91.0 Å². The lowest BCUT2D eigenvalue weighted by atomic mass is 10.2. The van der Waals surface area contributed by atoms with Crippen molar-refractivity contribution in [2.24, 2.45) is 5.73 Å². The van der Waals surface area contributed by atoms with E-state index in [1.807, 2.05) is 0 Å². The Morgan fingerprint density at radius 1 is 1.50 bits per heavy atom. The van der Waals surface area contributed by atoms with E-state index in [9.17, 15) is 9.59 Å². The first-order valence-corrected chi connectivity index (χ1v) is 4.87. The van der Waals surface area contributed by atoms with Crippen LogP contribution in [0.25, 0.3) is 0 Å². The van der Waals surface area contributed by atoms with Gasteiger partial charge in [-0.3, -0.25) is 14.7 Å². The van der Waals surface area contributed by atoms with E-state index in [-0.39, 0.29) is 11.8 Å². The monoisotopic (exact) mass is 224 g/mol. The van der Waals surface area contributed by atoms with Gasteiger partial charge in [-0.05, 0) is 12.8 Å². The fourth-order valence-corrected chi connectivity index (χ4v) is 1.81. The minimum atomic E-state index is -0.557. The number of anilines is 1. The van der Waals surface area contributed by atoms with Crippen LogP contribution < -0.4 is 11.5 Å². The molecule has 16 heavy (non-hydrogen) atoms. The highest BCUT2D eigenvalue weighted by Gasteiger charge is 2.34. The number of nitrogens with one attached hydrogen (secondary N) is 1. The molecule has 1 aromatic heterocycles. The Morgan fingerprint density at radius 2 is 2.25 bits per heavy atom. The molecule has 1 aromatic rings. The molecule has 0 saturated carbocycles. The number of likely N-dealkylation sites (tertiary alicyclic amines) is 1. The molecule has 0 aromatic carbocycles. The third-order valence-electron chi connectivity index (χ3n) is 2.55. The Kier molecular flexibility index (Phi) is 2.47. The van der Waals surface area contributed by atoms with Crippen LogP contribution in [-0.2, 0) is 4.79 Å². The van der Waals surface area contributed by atoms with Gasteiger partial charge in [-0.15, -0.1) is 5.10 Å². The number of carbonyl (C=O) groups excluding carboxylic acids is 2. The number of hydrogen-bond acceptors (Lipinski definition) is 5. The topological polar surface area (TPSA) is 131 Å². The van der Waals surface area contributed by atoms with Gasteiger partial charge in [-0.1, -0.05) is 0 Å². The van der Waals surface area contributed by atoms with Crippen LogP contribution in [0.5, 0.6) is 0 Å². The quantitative estimate of drug-likeness (QED) is 0.561. The number of rotatable bonds is 2. The maximum atomic E-state index is 11.9. The smallest absolute Gasteiger partial charge is 0.291 e. The van der Waals surface area contributed by atoms with Crippen molar-refractivity contribution in [3.05, 3.63) is 5.82 Å². The van der Waals surface area contributed by atoms with E-state index in [2.05, 4.69) is 15.2 Å². The predicted molar refractivity (Wildman–Crippen MR) is 54.0 cm³/mol. The van der Waals surface area contributed by atoms with Crippen molar-refractivity contribution >= 4 is 17.8 Å². The van der Waals surface area contributed by atoms with Gasteiger partial charge >= 0.3 is 0 Å². The average molecular weight is 224 g/mol. The summed E-state index contributed by atoms with van der Waals surface area (Å²) in [4.78, 5) is 28.1. The van der Waals surface area contributed by atoms with Gasteiger partial charge in [-0.25, -0.2) is 0 Å². The van der Waals surface area contributed by atoms with E-state index in [1.54, 1.807) is 0 Å². The van der Waals surface area contributed by atoms with Crippen LogP contribution in [-0.4, -0.2) is 44.5 Å². The van der Waals surface area contributed by atoms with E-state index in [1.165, 1.54) is 4.90 Å². The van der Waals surface area contributed by atoms with Crippen LogP contribution in [0.1, 0.15) is 23.5 Å². The second-order valence-electron chi connectivity index (χ2n) is 3.60. The number of hydrogen-bond donors (Lipinski definition) is 3. The zero-order valence-corrected chi connectivity index (χ0v) is 8.51. The first kappa shape index (κ1) is 10.4. The summed E-state index contributed by atoms with van der Waals surface area (Å²) < 4.78 is 0. The van der Waals surface area contributed by atoms with Crippen LogP contribution in [0.15, 0.2) is 0 Å². The van der Waals surface area contributed by atoms with Crippen LogP contribution in [0.3, 0.4) is 0 Å². The van der Waals surface area contributed by atoms with E-state index < -0.39 is 17.9 Å². The molecule has 1 unspecified atom stereocenters. The number of nitrogen functional groups attached to an aromatic ring is 1. The minimum absolute atomic E-state index is 0.00169. The van der Waals surface area contributed by atoms with E-state index >= 15 is 0 Å². The largest absolute Gasteiger partial charge is 0.368 e. The molecule has 1 atom stereocenters. The summed E-state index contributed by atoms with van der Waals surface area (Å²) >= 11 is 0. The fraction of sp³-hybridized carbons (Fsp3) is 0.500. The summed E-state index contributed by atoms with van der Waals surface area (Å²) in [6.45, 7) is 0.493. The summed E-state index contributed by atoms with van der Waals surface area (Å²) in [6, 6.07) is -0.557. The highest BCUT2D eigenvalue weighted by Crippen LogP contribution is 2.18. The second kappa shape index (κ2) is 3.80. The van der Waals surface area contributed by atoms with Crippen LogP contribution in [0, 0.1) is 0 Å². The van der Waals surface area contributed by atoms with Gasteiger partial charge < -0.3 is 16.4 Å². The molecule has 8 nitrogen and oxygen atoms in total. The Bertz CT molecular complexity index is 428. The standard InChI is InChI=1S/C8H12N6O2/c9-5(15)4-2-1-3-14(4)7(16)6-11-8(10)13-12-6/h4H,1-3H2,(H2,9,15)(H3,10,11,12,13). The molecule has 1 saturated heterocycles. The maximum absolute atomic E-state index is 11.9. The highest BCUT2D eigenvalue weighted by molar-refractivity contribution is 5.95. The summed E-state index contributed by atoms with van der Waals surface area (Å²) in [7, 11) is 0. The maximum Gasteiger partial charge on any atom is 0.291 e. The number of H-pyrrole nitrogens is 1. The molecule has 0 bridgehead atoms. The highest BCUT2D eigenvalue weighted by atomic mass is 16.2. The van der Waals surface area contributed by atoms with Gasteiger partial charge in [0.25, 0.3) is 5.91 Å². The fourth-order valence-electron chi connectivity index (χ4n) is 1.81. The van der Waals surface area contributed by atoms with E-state index in [0.717, 1.165) is 6.42 Å². The second-order valence-corrected chi connectivity index (χ2v) is 3.60.